The monoisotopic (exact) mass is 322 g/mol. The molecule has 2 aromatic rings. The first-order valence-electron chi connectivity index (χ1n) is 7.89. The van der Waals surface area contributed by atoms with Crippen LogP contribution < -0.4 is 4.74 Å². The second-order valence-corrected chi connectivity index (χ2v) is 5.97. The van der Waals surface area contributed by atoms with E-state index in [0.29, 0.717) is 0 Å². The van der Waals surface area contributed by atoms with Crippen molar-refractivity contribution in [3.8, 4) is 5.75 Å². The van der Waals surface area contributed by atoms with Gasteiger partial charge in [-0.3, -0.25) is 0 Å². The summed E-state index contributed by atoms with van der Waals surface area (Å²) in [5.41, 5.74) is 7.23. The Balaban J connectivity index is 2.00. The van der Waals surface area contributed by atoms with Gasteiger partial charge in [0.05, 0.1) is 19.9 Å². The van der Waals surface area contributed by atoms with Crippen molar-refractivity contribution in [1.82, 2.24) is 4.98 Å². The number of aryl methyl sites for hydroxylation is 3. The van der Waals surface area contributed by atoms with Crippen molar-refractivity contribution in [1.29, 1.82) is 0 Å². The highest BCUT2D eigenvalue weighted by Crippen LogP contribution is 2.27. The highest BCUT2D eigenvalue weighted by Gasteiger charge is 2.17. The number of nitrogens with one attached hydrogen (secondary N) is 1. The molecule has 1 aromatic carbocycles. The zero-order chi connectivity index (χ0) is 17.3. The number of hydrogen-bond donors (Lipinski definition) is 1. The standard InChI is InChI=1S/C20H22N2O2/c1-12-8-14(3)21-16(12)10-18-20(24-5)11-17(22-18)15-6-7-19(23-4)13(2)9-15/h6-11,21H,1-5H3/b18-10-. The fourth-order valence-corrected chi connectivity index (χ4v) is 2.90. The smallest absolute Gasteiger partial charge is 0.146 e. The van der Waals surface area contributed by atoms with Crippen LogP contribution in [0.4, 0.5) is 0 Å². The number of nitrogens with zero attached hydrogens (tertiary/aromatic N) is 1. The predicted octanol–water partition coefficient (Wildman–Crippen LogP) is 4.32. The minimum atomic E-state index is 0.769. The lowest BCUT2D eigenvalue weighted by atomic mass is 10.1. The van der Waals surface area contributed by atoms with Gasteiger partial charge in [0, 0.05) is 23.0 Å². The summed E-state index contributed by atoms with van der Waals surface area (Å²) >= 11 is 0. The number of aromatic nitrogens is 1. The Morgan fingerprint density at radius 3 is 2.38 bits per heavy atom. The molecule has 24 heavy (non-hydrogen) atoms. The second kappa shape index (κ2) is 6.40. The van der Waals surface area contributed by atoms with Crippen LogP contribution in [0.5, 0.6) is 5.75 Å². The molecule has 0 saturated heterocycles. The molecule has 3 rings (SSSR count). The third-order valence-corrected chi connectivity index (χ3v) is 4.14. The Bertz CT molecular complexity index is 870. The van der Waals surface area contributed by atoms with E-state index >= 15 is 0 Å². The van der Waals surface area contributed by atoms with Gasteiger partial charge in [-0.05, 0) is 62.2 Å². The van der Waals surface area contributed by atoms with Crippen LogP contribution in [-0.4, -0.2) is 24.9 Å². The molecule has 0 unspecified atom stereocenters. The molecule has 1 aliphatic heterocycles. The summed E-state index contributed by atoms with van der Waals surface area (Å²) in [5.74, 6) is 1.65. The number of hydrogen-bond acceptors (Lipinski definition) is 3. The molecule has 1 aromatic heterocycles. The van der Waals surface area contributed by atoms with Gasteiger partial charge in [0.2, 0.25) is 0 Å². The van der Waals surface area contributed by atoms with E-state index in [1.165, 1.54) is 5.56 Å². The summed E-state index contributed by atoms with van der Waals surface area (Å²) in [6.07, 6.45) is 4.00. The summed E-state index contributed by atoms with van der Waals surface area (Å²) in [4.78, 5) is 8.10. The average molecular weight is 322 g/mol. The molecule has 0 amide bonds. The molecule has 1 aliphatic rings. The maximum atomic E-state index is 5.51. The number of ether oxygens (including phenoxy) is 2. The SMILES string of the molecule is COC1=CC(c2ccc(OC)c(C)c2)=N/C1=C\c1[nH]c(C)cc1C. The van der Waals surface area contributed by atoms with Crippen molar-refractivity contribution in [3.63, 3.8) is 0 Å². The third-order valence-electron chi connectivity index (χ3n) is 4.14. The molecule has 0 spiro atoms. The van der Waals surface area contributed by atoms with Gasteiger partial charge >= 0.3 is 0 Å². The largest absolute Gasteiger partial charge is 0.496 e. The van der Waals surface area contributed by atoms with E-state index in [1.807, 2.05) is 38.1 Å². The average Bonchev–Trinajstić information content (AvgIpc) is 3.10. The number of rotatable bonds is 4. The summed E-state index contributed by atoms with van der Waals surface area (Å²) in [6, 6.07) is 8.18. The highest BCUT2D eigenvalue weighted by molar-refractivity contribution is 6.12. The van der Waals surface area contributed by atoms with Crippen LogP contribution >= 0.6 is 0 Å². The maximum absolute atomic E-state index is 5.51. The molecule has 0 saturated carbocycles. The van der Waals surface area contributed by atoms with Crippen molar-refractivity contribution in [2.45, 2.75) is 20.8 Å². The van der Waals surface area contributed by atoms with E-state index < -0.39 is 0 Å². The molecular weight excluding hydrogens is 300 g/mol. The topological polar surface area (TPSA) is 46.6 Å². The van der Waals surface area contributed by atoms with Crippen molar-refractivity contribution >= 4 is 11.8 Å². The molecule has 0 radical (unpaired) electrons. The fraction of sp³-hybridized carbons (Fsp3) is 0.250. The van der Waals surface area contributed by atoms with E-state index in [9.17, 15) is 0 Å². The summed E-state index contributed by atoms with van der Waals surface area (Å²) in [5, 5.41) is 0. The van der Waals surface area contributed by atoms with Gasteiger partial charge in [0.1, 0.15) is 17.2 Å². The van der Waals surface area contributed by atoms with Crippen LogP contribution in [0.2, 0.25) is 0 Å². The molecule has 0 atom stereocenters. The lowest BCUT2D eigenvalue weighted by Crippen LogP contribution is -1.96. The van der Waals surface area contributed by atoms with Crippen LogP contribution in [0.3, 0.4) is 0 Å². The third kappa shape index (κ3) is 3.00. The molecule has 2 heterocycles. The minimum Gasteiger partial charge on any atom is -0.496 e. The Morgan fingerprint density at radius 2 is 1.79 bits per heavy atom. The Kier molecular flexibility index (Phi) is 4.30. The van der Waals surface area contributed by atoms with E-state index in [1.54, 1.807) is 14.2 Å². The molecule has 0 aliphatic carbocycles. The minimum absolute atomic E-state index is 0.769. The summed E-state index contributed by atoms with van der Waals surface area (Å²) in [6.45, 7) is 6.16. The molecule has 4 nitrogen and oxygen atoms in total. The predicted molar refractivity (Wildman–Crippen MR) is 97.6 cm³/mol. The van der Waals surface area contributed by atoms with Crippen molar-refractivity contribution in [2.24, 2.45) is 4.99 Å². The first-order valence-corrected chi connectivity index (χ1v) is 7.89. The maximum Gasteiger partial charge on any atom is 0.146 e. The first-order chi connectivity index (χ1) is 11.5. The van der Waals surface area contributed by atoms with Gasteiger partial charge in [-0.2, -0.15) is 0 Å². The van der Waals surface area contributed by atoms with Gasteiger partial charge in [-0.1, -0.05) is 0 Å². The highest BCUT2D eigenvalue weighted by atomic mass is 16.5. The molecule has 4 heteroatoms. The molecular formula is C20H22N2O2. The Labute approximate surface area is 142 Å². The van der Waals surface area contributed by atoms with Crippen molar-refractivity contribution in [2.75, 3.05) is 14.2 Å². The molecule has 0 bridgehead atoms. The van der Waals surface area contributed by atoms with Crippen LogP contribution in [0.1, 0.15) is 28.1 Å². The van der Waals surface area contributed by atoms with Gasteiger partial charge in [-0.25, -0.2) is 4.99 Å². The van der Waals surface area contributed by atoms with E-state index in [0.717, 1.165) is 45.4 Å². The molecule has 1 N–H and O–H groups in total. The van der Waals surface area contributed by atoms with Crippen molar-refractivity contribution in [3.05, 3.63) is 69.9 Å². The summed E-state index contributed by atoms with van der Waals surface area (Å²) in [7, 11) is 3.35. The summed E-state index contributed by atoms with van der Waals surface area (Å²) < 4.78 is 10.8. The zero-order valence-electron chi connectivity index (χ0n) is 14.7. The van der Waals surface area contributed by atoms with Crippen molar-refractivity contribution < 1.29 is 9.47 Å². The van der Waals surface area contributed by atoms with Gasteiger partial charge < -0.3 is 14.5 Å². The van der Waals surface area contributed by atoms with Gasteiger partial charge in [-0.15, -0.1) is 0 Å². The van der Waals surface area contributed by atoms with E-state index in [2.05, 4.69) is 24.0 Å². The number of allylic oxidation sites excluding steroid dienone is 1. The van der Waals surface area contributed by atoms with Crippen LogP contribution in [0.15, 0.2) is 46.8 Å². The van der Waals surface area contributed by atoms with Crippen LogP contribution in [-0.2, 0) is 4.74 Å². The van der Waals surface area contributed by atoms with Crippen LogP contribution in [0.25, 0.3) is 6.08 Å². The van der Waals surface area contributed by atoms with Gasteiger partial charge in [0.25, 0.3) is 0 Å². The number of aromatic amines is 1. The number of H-pyrrole nitrogens is 1. The number of aliphatic imine (C=N–C) groups is 1. The lowest BCUT2D eigenvalue weighted by molar-refractivity contribution is 0.303. The lowest BCUT2D eigenvalue weighted by Gasteiger charge is -2.06. The molecule has 124 valence electrons. The number of methoxy groups -OCH3 is 2. The van der Waals surface area contributed by atoms with Crippen LogP contribution in [0, 0.1) is 20.8 Å². The second-order valence-electron chi connectivity index (χ2n) is 5.97. The number of benzene rings is 1. The quantitative estimate of drug-likeness (QED) is 0.911. The van der Waals surface area contributed by atoms with E-state index in [4.69, 9.17) is 14.5 Å². The normalized spacial score (nSPS) is 15.5. The molecule has 0 fully saturated rings. The zero-order valence-corrected chi connectivity index (χ0v) is 14.7. The van der Waals surface area contributed by atoms with E-state index in [-0.39, 0.29) is 0 Å². The Hall–Kier alpha value is -2.75. The fourth-order valence-electron chi connectivity index (χ4n) is 2.90. The first kappa shape index (κ1) is 16.1. The van der Waals surface area contributed by atoms with Gasteiger partial charge in [0.15, 0.2) is 0 Å². The Morgan fingerprint density at radius 1 is 1.00 bits per heavy atom.